The summed E-state index contributed by atoms with van der Waals surface area (Å²) < 4.78 is 11.6. The molecular weight excluding hydrogens is 314 g/mol. The highest BCUT2D eigenvalue weighted by Crippen LogP contribution is 2.35. The van der Waals surface area contributed by atoms with Gasteiger partial charge in [0.2, 0.25) is 0 Å². The number of aryl methyl sites for hydroxylation is 1. The number of hydrogen-bond acceptors (Lipinski definition) is 4. The molecule has 2 heterocycles. The summed E-state index contributed by atoms with van der Waals surface area (Å²) in [5.41, 5.74) is 4.94. The summed E-state index contributed by atoms with van der Waals surface area (Å²) in [5, 5.41) is 0. The van der Waals surface area contributed by atoms with Crippen LogP contribution in [0.3, 0.4) is 0 Å². The summed E-state index contributed by atoms with van der Waals surface area (Å²) in [7, 11) is 0. The van der Waals surface area contributed by atoms with E-state index in [1.54, 1.807) is 0 Å². The number of rotatable bonds is 3. The molecular formula is C21H21NO3. The van der Waals surface area contributed by atoms with Crippen molar-refractivity contribution >= 4 is 11.5 Å². The van der Waals surface area contributed by atoms with Gasteiger partial charge in [-0.1, -0.05) is 29.8 Å². The molecule has 2 aromatic rings. The van der Waals surface area contributed by atoms with Gasteiger partial charge in [-0.25, -0.2) is 0 Å². The molecule has 0 bridgehead atoms. The zero-order chi connectivity index (χ0) is 17.2. The molecule has 2 aromatic carbocycles. The van der Waals surface area contributed by atoms with Crippen molar-refractivity contribution in [1.82, 2.24) is 0 Å². The Morgan fingerprint density at radius 2 is 1.80 bits per heavy atom. The molecule has 0 radical (unpaired) electrons. The van der Waals surface area contributed by atoms with Crippen LogP contribution < -0.4 is 9.47 Å². The van der Waals surface area contributed by atoms with E-state index in [2.05, 4.69) is 11.1 Å². The van der Waals surface area contributed by atoms with Gasteiger partial charge in [0.05, 0.1) is 25.3 Å². The molecule has 0 aliphatic carbocycles. The number of nitrogens with zero attached hydrogens (tertiary/aromatic N) is 1. The molecule has 128 valence electrons. The fourth-order valence-electron chi connectivity index (χ4n) is 3.27. The van der Waals surface area contributed by atoms with Crippen molar-refractivity contribution in [2.45, 2.75) is 26.2 Å². The monoisotopic (exact) mass is 335 g/mol. The van der Waals surface area contributed by atoms with E-state index in [0.29, 0.717) is 26.2 Å². The van der Waals surface area contributed by atoms with E-state index in [9.17, 15) is 4.79 Å². The number of hydrogen-bond donors (Lipinski definition) is 0. The molecule has 25 heavy (non-hydrogen) atoms. The Hall–Kier alpha value is -2.62. The molecule has 0 N–H and O–H groups in total. The number of ketones is 1. The van der Waals surface area contributed by atoms with Crippen LogP contribution >= 0.6 is 0 Å². The summed E-state index contributed by atoms with van der Waals surface area (Å²) in [6.07, 6.45) is 2.07. The fourth-order valence-corrected chi connectivity index (χ4v) is 3.27. The molecule has 0 saturated heterocycles. The third-order valence-corrected chi connectivity index (χ3v) is 4.67. The summed E-state index contributed by atoms with van der Waals surface area (Å²) in [6, 6.07) is 11.8. The Morgan fingerprint density at radius 3 is 2.56 bits per heavy atom. The third-order valence-electron chi connectivity index (χ3n) is 4.67. The number of benzene rings is 2. The minimum atomic E-state index is 0.0960. The highest BCUT2D eigenvalue weighted by molar-refractivity contribution is 6.16. The molecule has 0 aromatic heterocycles. The molecule has 4 nitrogen and oxygen atoms in total. The molecule has 0 unspecified atom stereocenters. The van der Waals surface area contributed by atoms with Crippen molar-refractivity contribution in [3.05, 3.63) is 58.7 Å². The SMILES string of the molecule is Cc1ccc(C(=O)CC2=NCCc3cc4c(cc32)OCCCO4)cc1. The van der Waals surface area contributed by atoms with Crippen LogP contribution in [0, 0.1) is 6.92 Å². The Morgan fingerprint density at radius 1 is 1.08 bits per heavy atom. The van der Waals surface area contributed by atoms with Gasteiger partial charge in [0, 0.05) is 24.1 Å². The van der Waals surface area contributed by atoms with Crippen molar-refractivity contribution in [3.63, 3.8) is 0 Å². The average Bonchev–Trinajstić information content (AvgIpc) is 2.85. The van der Waals surface area contributed by atoms with Crippen LogP contribution in [-0.2, 0) is 6.42 Å². The third kappa shape index (κ3) is 3.29. The number of aliphatic imine (C=N–C) groups is 1. The summed E-state index contributed by atoms with van der Waals surface area (Å²) >= 11 is 0. The molecule has 0 saturated carbocycles. The topological polar surface area (TPSA) is 47.9 Å². The maximum atomic E-state index is 12.6. The number of ether oxygens (including phenoxy) is 2. The van der Waals surface area contributed by atoms with Crippen molar-refractivity contribution in [3.8, 4) is 11.5 Å². The lowest BCUT2D eigenvalue weighted by Gasteiger charge is -2.19. The molecule has 4 rings (SSSR count). The Labute approximate surface area is 147 Å². The van der Waals surface area contributed by atoms with Crippen molar-refractivity contribution in [2.24, 2.45) is 4.99 Å². The van der Waals surface area contributed by atoms with Gasteiger partial charge in [-0.2, -0.15) is 0 Å². The Kier molecular flexibility index (Phi) is 4.26. The number of fused-ring (bicyclic) bond motifs is 2. The smallest absolute Gasteiger partial charge is 0.168 e. The zero-order valence-corrected chi connectivity index (χ0v) is 14.4. The molecule has 4 heteroatoms. The second-order valence-electron chi connectivity index (χ2n) is 6.55. The van der Waals surface area contributed by atoms with Gasteiger partial charge in [0.15, 0.2) is 17.3 Å². The first-order valence-electron chi connectivity index (χ1n) is 8.77. The first-order valence-corrected chi connectivity index (χ1v) is 8.77. The van der Waals surface area contributed by atoms with Crippen LogP contribution in [0.5, 0.6) is 11.5 Å². The second-order valence-corrected chi connectivity index (χ2v) is 6.55. The van der Waals surface area contributed by atoms with E-state index < -0.39 is 0 Å². The van der Waals surface area contributed by atoms with Gasteiger partial charge < -0.3 is 9.47 Å². The van der Waals surface area contributed by atoms with E-state index in [4.69, 9.17) is 9.47 Å². The normalized spacial score (nSPS) is 15.8. The van der Waals surface area contributed by atoms with Gasteiger partial charge in [0.1, 0.15) is 0 Å². The van der Waals surface area contributed by atoms with E-state index in [1.807, 2.05) is 37.3 Å². The number of carbonyl (C=O) groups is 1. The predicted molar refractivity (Wildman–Crippen MR) is 97.3 cm³/mol. The molecule has 2 aliphatic rings. The molecule has 0 spiro atoms. The molecule has 0 amide bonds. The van der Waals surface area contributed by atoms with Crippen molar-refractivity contribution in [1.29, 1.82) is 0 Å². The maximum absolute atomic E-state index is 12.6. The van der Waals surface area contributed by atoms with Crippen LogP contribution in [0.15, 0.2) is 41.4 Å². The van der Waals surface area contributed by atoms with E-state index in [1.165, 1.54) is 5.56 Å². The Bertz CT molecular complexity index is 837. The average molecular weight is 335 g/mol. The number of carbonyl (C=O) groups excluding carboxylic acids is 1. The summed E-state index contributed by atoms with van der Waals surface area (Å²) in [6.45, 7) is 4.06. The summed E-state index contributed by atoms with van der Waals surface area (Å²) in [4.78, 5) is 17.3. The van der Waals surface area contributed by atoms with Gasteiger partial charge in [-0.15, -0.1) is 0 Å². The highest BCUT2D eigenvalue weighted by Gasteiger charge is 2.22. The zero-order valence-electron chi connectivity index (χ0n) is 14.4. The van der Waals surface area contributed by atoms with Crippen LogP contribution in [0.1, 0.15) is 39.9 Å². The predicted octanol–water partition coefficient (Wildman–Crippen LogP) is 3.77. The van der Waals surface area contributed by atoms with E-state index in [-0.39, 0.29) is 5.78 Å². The van der Waals surface area contributed by atoms with Gasteiger partial charge in [-0.05, 0) is 31.0 Å². The fraction of sp³-hybridized carbons (Fsp3) is 0.333. The standard InChI is InChI=1S/C21H21NO3/c1-14-3-5-15(6-4-14)19(23)13-18-17-12-21-20(24-9-2-10-25-21)11-16(17)7-8-22-18/h3-6,11-12H,2,7-10,13H2,1H3. The molecule has 0 fully saturated rings. The summed E-state index contributed by atoms with van der Waals surface area (Å²) in [5.74, 6) is 1.66. The lowest BCUT2D eigenvalue weighted by molar-refractivity contribution is 0.100. The van der Waals surface area contributed by atoms with Crippen LogP contribution in [0.4, 0.5) is 0 Å². The van der Waals surface area contributed by atoms with Gasteiger partial charge in [-0.3, -0.25) is 9.79 Å². The minimum absolute atomic E-state index is 0.0960. The van der Waals surface area contributed by atoms with E-state index in [0.717, 1.165) is 46.7 Å². The van der Waals surface area contributed by atoms with Gasteiger partial charge >= 0.3 is 0 Å². The lowest BCUT2D eigenvalue weighted by atomic mass is 9.92. The lowest BCUT2D eigenvalue weighted by Crippen LogP contribution is -2.17. The largest absolute Gasteiger partial charge is 0.490 e. The minimum Gasteiger partial charge on any atom is -0.490 e. The highest BCUT2D eigenvalue weighted by atomic mass is 16.5. The quantitative estimate of drug-likeness (QED) is 0.802. The first kappa shape index (κ1) is 15.9. The number of Topliss-reactive ketones (excluding diaryl/α,β-unsaturated/α-hetero) is 1. The van der Waals surface area contributed by atoms with E-state index >= 15 is 0 Å². The van der Waals surface area contributed by atoms with Crippen molar-refractivity contribution < 1.29 is 14.3 Å². The molecule has 0 atom stereocenters. The second kappa shape index (κ2) is 6.71. The molecule has 2 aliphatic heterocycles. The van der Waals surface area contributed by atoms with Crippen LogP contribution in [0.2, 0.25) is 0 Å². The van der Waals surface area contributed by atoms with Crippen LogP contribution in [-0.4, -0.2) is 31.3 Å². The maximum Gasteiger partial charge on any atom is 0.168 e. The van der Waals surface area contributed by atoms with Crippen LogP contribution in [0.25, 0.3) is 0 Å². The van der Waals surface area contributed by atoms with Gasteiger partial charge in [0.25, 0.3) is 0 Å². The van der Waals surface area contributed by atoms with Crippen molar-refractivity contribution in [2.75, 3.05) is 19.8 Å². The Balaban J connectivity index is 1.62. The first-order chi connectivity index (χ1) is 12.2.